The highest BCUT2D eigenvalue weighted by molar-refractivity contribution is 5.93. The molecular formula is C16H20N2O2. The zero-order valence-corrected chi connectivity index (χ0v) is 12.1. The van der Waals surface area contributed by atoms with E-state index in [-0.39, 0.29) is 17.4 Å². The van der Waals surface area contributed by atoms with Gasteiger partial charge in [-0.2, -0.15) is 0 Å². The molecule has 106 valence electrons. The van der Waals surface area contributed by atoms with Crippen LogP contribution in [0.25, 0.3) is 10.9 Å². The zero-order chi connectivity index (χ0) is 14.9. The minimum atomic E-state index is -0.250. The Balaban J connectivity index is 2.79. The molecule has 0 saturated carbocycles. The molecule has 1 aromatic heterocycles. The van der Waals surface area contributed by atoms with Gasteiger partial charge in [0.2, 0.25) is 5.91 Å². The highest BCUT2D eigenvalue weighted by atomic mass is 16.2. The Morgan fingerprint density at radius 2 is 1.90 bits per heavy atom. The van der Waals surface area contributed by atoms with Gasteiger partial charge in [-0.3, -0.25) is 9.59 Å². The van der Waals surface area contributed by atoms with Crippen molar-refractivity contribution in [2.45, 2.75) is 33.6 Å². The summed E-state index contributed by atoms with van der Waals surface area (Å²) >= 11 is 0. The lowest BCUT2D eigenvalue weighted by Gasteiger charge is -2.16. The molecule has 0 saturated heterocycles. The third-order valence-electron chi connectivity index (χ3n) is 3.76. The van der Waals surface area contributed by atoms with Gasteiger partial charge in [-0.25, -0.2) is 4.57 Å². The van der Waals surface area contributed by atoms with Gasteiger partial charge in [-0.05, 0) is 43.4 Å². The highest BCUT2D eigenvalue weighted by Gasteiger charge is 2.20. The third kappa shape index (κ3) is 2.33. The molecule has 0 aliphatic heterocycles. The number of aryl methyl sites for hydroxylation is 1. The minimum Gasteiger partial charge on any atom is -0.399 e. The fourth-order valence-electron chi connectivity index (χ4n) is 2.50. The zero-order valence-electron chi connectivity index (χ0n) is 12.1. The molecule has 1 aromatic carbocycles. The van der Waals surface area contributed by atoms with Crippen LogP contribution in [0.1, 0.15) is 37.0 Å². The van der Waals surface area contributed by atoms with Crippen LogP contribution >= 0.6 is 0 Å². The monoisotopic (exact) mass is 272 g/mol. The molecule has 2 N–H and O–H groups in total. The van der Waals surface area contributed by atoms with Crippen molar-refractivity contribution >= 4 is 22.5 Å². The van der Waals surface area contributed by atoms with Crippen LogP contribution in [-0.4, -0.2) is 10.5 Å². The second kappa shape index (κ2) is 5.49. The number of pyridine rings is 1. The molecule has 0 aliphatic carbocycles. The summed E-state index contributed by atoms with van der Waals surface area (Å²) < 4.78 is 1.29. The Labute approximate surface area is 118 Å². The molecule has 0 aliphatic rings. The minimum absolute atomic E-state index is 0.140. The molecule has 0 unspecified atom stereocenters. The van der Waals surface area contributed by atoms with Crippen molar-refractivity contribution in [2.75, 3.05) is 5.73 Å². The summed E-state index contributed by atoms with van der Waals surface area (Å²) in [5.41, 5.74) is 7.26. The average Bonchev–Trinajstić information content (AvgIpc) is 2.42. The summed E-state index contributed by atoms with van der Waals surface area (Å²) in [7, 11) is 0. The lowest BCUT2D eigenvalue weighted by Crippen LogP contribution is -2.33. The largest absolute Gasteiger partial charge is 0.399 e. The number of carbonyl (C=O) groups is 1. The van der Waals surface area contributed by atoms with E-state index in [0.29, 0.717) is 16.8 Å². The van der Waals surface area contributed by atoms with E-state index < -0.39 is 0 Å². The number of rotatable bonds is 3. The number of nitrogen functional groups attached to an aromatic ring is 1. The van der Waals surface area contributed by atoms with Crippen molar-refractivity contribution in [3.63, 3.8) is 0 Å². The Kier molecular flexibility index (Phi) is 3.93. The van der Waals surface area contributed by atoms with E-state index in [4.69, 9.17) is 5.73 Å². The lowest BCUT2D eigenvalue weighted by molar-refractivity contribution is 0.0828. The van der Waals surface area contributed by atoms with E-state index in [2.05, 4.69) is 0 Å². The molecule has 20 heavy (non-hydrogen) atoms. The Morgan fingerprint density at radius 3 is 2.50 bits per heavy atom. The van der Waals surface area contributed by atoms with Crippen molar-refractivity contribution in [1.29, 1.82) is 0 Å². The summed E-state index contributed by atoms with van der Waals surface area (Å²) in [6, 6.07) is 7.11. The molecule has 0 spiro atoms. The molecule has 0 radical (unpaired) electrons. The number of benzene rings is 1. The highest BCUT2D eigenvalue weighted by Crippen LogP contribution is 2.19. The fourth-order valence-corrected chi connectivity index (χ4v) is 2.50. The summed E-state index contributed by atoms with van der Waals surface area (Å²) in [6.45, 7) is 5.65. The Hall–Kier alpha value is -2.10. The number of hydrogen-bond donors (Lipinski definition) is 1. The maximum Gasteiger partial charge on any atom is 0.260 e. The number of hydrogen-bond acceptors (Lipinski definition) is 3. The van der Waals surface area contributed by atoms with E-state index in [0.717, 1.165) is 18.2 Å². The number of carbonyl (C=O) groups excluding carboxylic acids is 1. The van der Waals surface area contributed by atoms with Crippen LogP contribution in [0.3, 0.4) is 0 Å². The molecule has 0 bridgehead atoms. The first-order chi connectivity index (χ1) is 9.49. The van der Waals surface area contributed by atoms with Crippen LogP contribution in [0, 0.1) is 12.8 Å². The maximum atomic E-state index is 12.6. The second-order valence-corrected chi connectivity index (χ2v) is 5.14. The van der Waals surface area contributed by atoms with Gasteiger partial charge in [0.1, 0.15) is 0 Å². The van der Waals surface area contributed by atoms with Crippen LogP contribution in [0.5, 0.6) is 0 Å². The van der Waals surface area contributed by atoms with Crippen LogP contribution < -0.4 is 11.3 Å². The van der Waals surface area contributed by atoms with Gasteiger partial charge in [0.05, 0.1) is 5.52 Å². The first kappa shape index (κ1) is 14.3. The van der Waals surface area contributed by atoms with Gasteiger partial charge >= 0.3 is 0 Å². The molecule has 2 rings (SSSR count). The predicted octanol–water partition coefficient (Wildman–Crippen LogP) is 2.97. The molecule has 4 heteroatoms. The number of nitrogens with zero attached hydrogens (tertiary/aromatic N) is 1. The van der Waals surface area contributed by atoms with E-state index in [1.165, 1.54) is 4.57 Å². The number of nitrogens with two attached hydrogens (primary N) is 1. The summed E-state index contributed by atoms with van der Waals surface area (Å²) in [6.07, 6.45) is 1.44. The molecule has 0 atom stereocenters. The van der Waals surface area contributed by atoms with Crippen molar-refractivity contribution in [3.8, 4) is 0 Å². The molecule has 2 aromatic rings. The first-order valence-corrected chi connectivity index (χ1v) is 6.95. The SMILES string of the molecule is CCC(CC)C(=O)n1c(=O)c(C)cc2ccc(N)cc21. The normalized spacial score (nSPS) is 11.2. The van der Waals surface area contributed by atoms with E-state index in [1.54, 1.807) is 25.1 Å². The Bertz CT molecular complexity index is 712. The fraction of sp³-hybridized carbons (Fsp3) is 0.375. The van der Waals surface area contributed by atoms with Crippen molar-refractivity contribution in [1.82, 2.24) is 4.57 Å². The van der Waals surface area contributed by atoms with Gasteiger partial charge in [0.15, 0.2) is 0 Å². The molecule has 4 nitrogen and oxygen atoms in total. The molecule has 1 heterocycles. The van der Waals surface area contributed by atoms with Crippen molar-refractivity contribution in [3.05, 3.63) is 40.2 Å². The molecular weight excluding hydrogens is 252 g/mol. The van der Waals surface area contributed by atoms with Gasteiger partial charge in [0.25, 0.3) is 5.56 Å². The standard InChI is InChI=1S/C16H20N2O2/c1-4-11(5-2)16(20)18-14-9-13(17)7-6-12(14)8-10(3)15(18)19/h6-9,11H,4-5,17H2,1-3H3. The van der Waals surface area contributed by atoms with Gasteiger partial charge in [-0.1, -0.05) is 19.9 Å². The smallest absolute Gasteiger partial charge is 0.260 e. The summed E-state index contributed by atoms with van der Waals surface area (Å²) in [5.74, 6) is -0.279. The average molecular weight is 272 g/mol. The summed E-state index contributed by atoms with van der Waals surface area (Å²) in [4.78, 5) is 25.0. The molecule has 0 amide bonds. The van der Waals surface area contributed by atoms with E-state index >= 15 is 0 Å². The maximum absolute atomic E-state index is 12.6. The number of aromatic nitrogens is 1. The number of anilines is 1. The van der Waals surface area contributed by atoms with Gasteiger partial charge < -0.3 is 5.73 Å². The van der Waals surface area contributed by atoms with Crippen LogP contribution in [0.2, 0.25) is 0 Å². The van der Waals surface area contributed by atoms with E-state index in [9.17, 15) is 9.59 Å². The van der Waals surface area contributed by atoms with Crippen molar-refractivity contribution in [2.24, 2.45) is 5.92 Å². The molecule has 0 fully saturated rings. The van der Waals surface area contributed by atoms with E-state index in [1.807, 2.05) is 19.9 Å². The predicted molar refractivity (Wildman–Crippen MR) is 82.1 cm³/mol. The third-order valence-corrected chi connectivity index (χ3v) is 3.76. The number of fused-ring (bicyclic) bond motifs is 1. The van der Waals surface area contributed by atoms with Crippen LogP contribution in [0.15, 0.2) is 29.1 Å². The summed E-state index contributed by atoms with van der Waals surface area (Å²) in [5, 5.41) is 0.857. The van der Waals surface area contributed by atoms with Gasteiger partial charge in [0, 0.05) is 17.2 Å². The van der Waals surface area contributed by atoms with Crippen LogP contribution in [0.4, 0.5) is 5.69 Å². The van der Waals surface area contributed by atoms with Crippen LogP contribution in [-0.2, 0) is 0 Å². The second-order valence-electron chi connectivity index (χ2n) is 5.14. The topological polar surface area (TPSA) is 65.1 Å². The lowest BCUT2D eigenvalue weighted by atomic mass is 10.0. The quantitative estimate of drug-likeness (QED) is 0.874. The Morgan fingerprint density at radius 1 is 1.25 bits per heavy atom. The van der Waals surface area contributed by atoms with Crippen molar-refractivity contribution < 1.29 is 4.79 Å². The first-order valence-electron chi connectivity index (χ1n) is 6.95. The van der Waals surface area contributed by atoms with Gasteiger partial charge in [-0.15, -0.1) is 0 Å².